The van der Waals surface area contributed by atoms with Crippen LogP contribution in [0.3, 0.4) is 0 Å². The largest absolute Gasteiger partial charge is 1.00 e. The first-order valence-electron chi connectivity index (χ1n) is 3.71. The minimum absolute atomic E-state index is 0. The van der Waals surface area contributed by atoms with Crippen molar-refractivity contribution < 1.29 is 40.9 Å². The molecule has 1 rings (SSSR count). The number of aryl methyl sites for hydroxylation is 1. The van der Waals surface area contributed by atoms with E-state index in [0.717, 1.165) is 11.3 Å². The van der Waals surface area contributed by atoms with Crippen LogP contribution < -0.4 is 34.9 Å². The van der Waals surface area contributed by atoms with Crippen LogP contribution in [0.4, 0.5) is 5.69 Å². The number of anilines is 1. The van der Waals surface area contributed by atoms with E-state index in [9.17, 15) is 4.79 Å². The molecule has 0 atom stereocenters. The van der Waals surface area contributed by atoms with Gasteiger partial charge in [-0.1, -0.05) is 17.7 Å². The van der Waals surface area contributed by atoms with Crippen molar-refractivity contribution in [3.63, 3.8) is 0 Å². The topological polar surface area (TPSA) is 49.3 Å². The van der Waals surface area contributed by atoms with Crippen molar-refractivity contribution in [2.45, 2.75) is 6.92 Å². The van der Waals surface area contributed by atoms with Crippen LogP contribution in [0.1, 0.15) is 6.99 Å². The second-order valence-electron chi connectivity index (χ2n) is 2.61. The van der Waals surface area contributed by atoms with E-state index >= 15 is 0 Å². The summed E-state index contributed by atoms with van der Waals surface area (Å²) in [5.74, 6) is -0.851. The Kier molecular flexibility index (Phi) is 5.79. The van der Waals surface area contributed by atoms with Crippen LogP contribution in [0.2, 0.25) is 0 Å². The van der Waals surface area contributed by atoms with Crippen molar-refractivity contribution in [1.82, 2.24) is 0 Å². The van der Waals surface area contributed by atoms with Crippen LogP contribution in [0.5, 0.6) is 0 Å². The summed E-state index contributed by atoms with van der Waals surface area (Å²) >= 11 is 0. The molecule has 0 radical (unpaired) electrons. The SMILES string of the molecule is Cc1ccc(NCC(=O)O)cc1.[H-].[Na+]. The van der Waals surface area contributed by atoms with Crippen molar-refractivity contribution in [1.29, 1.82) is 0 Å². The maximum Gasteiger partial charge on any atom is 1.00 e. The summed E-state index contributed by atoms with van der Waals surface area (Å²) in [6.07, 6.45) is 0. The molecule has 66 valence electrons. The van der Waals surface area contributed by atoms with Gasteiger partial charge in [0.1, 0.15) is 6.54 Å². The summed E-state index contributed by atoms with van der Waals surface area (Å²) in [5.41, 5.74) is 2.00. The Hall–Kier alpha value is -0.510. The van der Waals surface area contributed by atoms with Crippen LogP contribution >= 0.6 is 0 Å². The molecule has 0 fully saturated rings. The van der Waals surface area contributed by atoms with E-state index < -0.39 is 5.97 Å². The molecule has 3 nitrogen and oxygen atoms in total. The van der Waals surface area contributed by atoms with Crippen LogP contribution in [0, 0.1) is 6.92 Å². The summed E-state index contributed by atoms with van der Waals surface area (Å²) in [7, 11) is 0. The quantitative estimate of drug-likeness (QED) is 0.575. The van der Waals surface area contributed by atoms with Gasteiger partial charge in [-0.2, -0.15) is 0 Å². The standard InChI is InChI=1S/C9H11NO2.Na.H/c1-7-2-4-8(5-3-7)10-6-9(11)12;;/h2-5,10H,6H2,1H3,(H,11,12);;/q;+1;-1. The van der Waals surface area contributed by atoms with Crippen molar-refractivity contribution in [3.05, 3.63) is 29.8 Å². The number of carbonyl (C=O) groups is 1. The molecule has 1 aromatic carbocycles. The fourth-order valence-electron chi connectivity index (χ4n) is 0.849. The Bertz CT molecular complexity index is 277. The Balaban J connectivity index is 0. The molecule has 13 heavy (non-hydrogen) atoms. The van der Waals surface area contributed by atoms with E-state index in [1.165, 1.54) is 0 Å². The molecule has 0 saturated carbocycles. The Morgan fingerprint density at radius 1 is 1.46 bits per heavy atom. The van der Waals surface area contributed by atoms with E-state index in [-0.39, 0.29) is 37.5 Å². The summed E-state index contributed by atoms with van der Waals surface area (Å²) in [6, 6.07) is 7.59. The molecule has 0 bridgehead atoms. The minimum Gasteiger partial charge on any atom is -1.00 e. The summed E-state index contributed by atoms with van der Waals surface area (Å²) in [6.45, 7) is 1.95. The van der Waals surface area contributed by atoms with Gasteiger partial charge in [-0.25, -0.2) is 0 Å². The fraction of sp³-hybridized carbons (Fsp3) is 0.222. The first-order valence-corrected chi connectivity index (χ1v) is 3.71. The molecule has 0 amide bonds. The summed E-state index contributed by atoms with van der Waals surface area (Å²) < 4.78 is 0. The van der Waals surface area contributed by atoms with Gasteiger partial charge in [-0.05, 0) is 19.1 Å². The maximum atomic E-state index is 10.2. The third kappa shape index (κ3) is 4.93. The van der Waals surface area contributed by atoms with E-state index in [4.69, 9.17) is 5.11 Å². The second kappa shape index (κ2) is 6.02. The van der Waals surface area contributed by atoms with Crippen LogP contribution in [-0.4, -0.2) is 17.6 Å². The molecular weight excluding hydrogens is 177 g/mol. The van der Waals surface area contributed by atoms with Gasteiger partial charge in [0.25, 0.3) is 0 Å². The zero-order valence-electron chi connectivity index (χ0n) is 8.87. The summed E-state index contributed by atoms with van der Waals surface area (Å²) in [4.78, 5) is 10.2. The summed E-state index contributed by atoms with van der Waals surface area (Å²) in [5, 5.41) is 11.1. The van der Waals surface area contributed by atoms with Crippen LogP contribution in [0.15, 0.2) is 24.3 Å². The molecule has 0 aliphatic rings. The van der Waals surface area contributed by atoms with E-state index in [1.807, 2.05) is 31.2 Å². The zero-order valence-corrected chi connectivity index (χ0v) is 9.87. The van der Waals surface area contributed by atoms with Crippen molar-refractivity contribution in [2.75, 3.05) is 11.9 Å². The number of nitrogens with one attached hydrogen (secondary N) is 1. The molecule has 0 heterocycles. The molecule has 0 aliphatic carbocycles. The zero-order chi connectivity index (χ0) is 8.97. The molecule has 0 saturated heterocycles. The third-order valence-electron chi connectivity index (χ3n) is 1.50. The predicted molar refractivity (Wildman–Crippen MR) is 48.4 cm³/mol. The van der Waals surface area contributed by atoms with Crippen LogP contribution in [-0.2, 0) is 4.79 Å². The molecule has 0 aliphatic heterocycles. The average Bonchev–Trinajstić information content (AvgIpc) is 2.03. The van der Waals surface area contributed by atoms with Gasteiger partial charge in [-0.15, -0.1) is 0 Å². The Labute approximate surface area is 101 Å². The number of rotatable bonds is 3. The van der Waals surface area contributed by atoms with E-state index in [2.05, 4.69) is 5.32 Å². The normalized spacial score (nSPS) is 8.69. The molecule has 0 spiro atoms. The maximum absolute atomic E-state index is 10.2. The molecular formula is C9H12NNaO2. The number of aliphatic carboxylic acids is 1. The molecule has 0 unspecified atom stereocenters. The number of hydrogen-bond donors (Lipinski definition) is 2. The number of hydrogen-bond acceptors (Lipinski definition) is 2. The molecule has 0 aromatic heterocycles. The number of benzene rings is 1. The van der Waals surface area contributed by atoms with Crippen molar-refractivity contribution in [3.8, 4) is 0 Å². The van der Waals surface area contributed by atoms with E-state index in [1.54, 1.807) is 0 Å². The number of carboxylic acid groups (broad SMARTS) is 1. The first kappa shape index (κ1) is 12.5. The smallest absolute Gasteiger partial charge is 1.00 e. The molecule has 2 N–H and O–H groups in total. The first-order chi connectivity index (χ1) is 5.68. The average molecular weight is 189 g/mol. The van der Waals surface area contributed by atoms with Gasteiger partial charge in [0.2, 0.25) is 0 Å². The number of carboxylic acids is 1. The molecule has 1 aromatic rings. The van der Waals surface area contributed by atoms with Gasteiger partial charge in [0, 0.05) is 5.69 Å². The van der Waals surface area contributed by atoms with Gasteiger partial charge in [0.05, 0.1) is 0 Å². The van der Waals surface area contributed by atoms with Gasteiger partial charge < -0.3 is 11.8 Å². The molecule has 4 heteroatoms. The van der Waals surface area contributed by atoms with Gasteiger partial charge >= 0.3 is 35.5 Å². The van der Waals surface area contributed by atoms with Crippen molar-refractivity contribution >= 4 is 11.7 Å². The monoisotopic (exact) mass is 189 g/mol. The second-order valence-corrected chi connectivity index (χ2v) is 2.61. The van der Waals surface area contributed by atoms with Gasteiger partial charge in [-0.3, -0.25) is 4.79 Å². The Morgan fingerprint density at radius 2 is 2.00 bits per heavy atom. The van der Waals surface area contributed by atoms with Crippen LogP contribution in [0.25, 0.3) is 0 Å². The Morgan fingerprint density at radius 3 is 2.46 bits per heavy atom. The third-order valence-corrected chi connectivity index (χ3v) is 1.50. The predicted octanol–water partition coefficient (Wildman–Crippen LogP) is -1.39. The van der Waals surface area contributed by atoms with E-state index in [0.29, 0.717) is 0 Å². The fourth-order valence-corrected chi connectivity index (χ4v) is 0.849. The van der Waals surface area contributed by atoms with Crippen molar-refractivity contribution in [2.24, 2.45) is 0 Å². The minimum atomic E-state index is -0.851. The van der Waals surface area contributed by atoms with Gasteiger partial charge in [0.15, 0.2) is 0 Å².